The molecule has 0 spiro atoms. The largest absolute Gasteiger partial charge is 0.494 e. The monoisotopic (exact) mass is 320 g/mol. The minimum Gasteiger partial charge on any atom is -0.494 e. The van der Waals surface area contributed by atoms with Gasteiger partial charge < -0.3 is 24.8 Å². The van der Waals surface area contributed by atoms with Crippen LogP contribution in [-0.4, -0.2) is 50.3 Å². The molecule has 0 aliphatic carbocycles. The molecule has 23 heavy (non-hydrogen) atoms. The smallest absolute Gasteiger partial charge is 0.395 e. The predicted molar refractivity (Wildman–Crippen MR) is 93.3 cm³/mol. The summed E-state index contributed by atoms with van der Waals surface area (Å²) in [6.07, 6.45) is 6.05. The minimum absolute atomic E-state index is 0.199. The molecule has 1 aromatic rings. The Morgan fingerprint density at radius 2 is 2.00 bits per heavy atom. The van der Waals surface area contributed by atoms with Crippen molar-refractivity contribution >= 4 is 13.7 Å². The molecule has 1 radical (unpaired) electrons. The van der Waals surface area contributed by atoms with Gasteiger partial charge in [-0.15, -0.1) is 0 Å². The van der Waals surface area contributed by atoms with E-state index in [2.05, 4.69) is 12.2 Å². The number of unbranched alkanes of at least 4 members (excludes halogenated alkanes) is 2. The van der Waals surface area contributed by atoms with Crippen molar-refractivity contribution < 1.29 is 19.6 Å². The first-order chi connectivity index (χ1) is 11.2. The summed E-state index contributed by atoms with van der Waals surface area (Å²) in [6, 6.07) is 7.19. The summed E-state index contributed by atoms with van der Waals surface area (Å²) >= 11 is 0. The molecule has 1 rings (SSSR count). The Morgan fingerprint density at radius 3 is 2.61 bits per heavy atom. The molecule has 0 heterocycles. The van der Waals surface area contributed by atoms with Gasteiger partial charge in [-0.05, 0) is 24.1 Å². The van der Waals surface area contributed by atoms with Gasteiger partial charge in [0.1, 0.15) is 5.75 Å². The van der Waals surface area contributed by atoms with E-state index in [1.165, 1.54) is 27.6 Å². The average molecular weight is 320 g/mol. The standard InChI is InChI=1S/C17H27BNO4/c1-3-4-5-12-23-15-9-6-14(7-10-15)8-11-17(21)16(13-20)19-18-22-2/h6-11,16-17,19-21H,3-5,12-13H2,1-2H3/b11-8+/t16-,17+/m1/s1. The van der Waals surface area contributed by atoms with Crippen LogP contribution >= 0.6 is 0 Å². The number of hydrogen-bond donors (Lipinski definition) is 3. The van der Waals surface area contributed by atoms with Crippen LogP contribution in [0.2, 0.25) is 0 Å². The summed E-state index contributed by atoms with van der Waals surface area (Å²) in [5.74, 6) is 0.850. The number of benzene rings is 1. The van der Waals surface area contributed by atoms with Crippen molar-refractivity contribution in [1.82, 2.24) is 5.23 Å². The molecule has 0 fully saturated rings. The number of nitrogens with one attached hydrogen (secondary N) is 1. The van der Waals surface area contributed by atoms with E-state index < -0.39 is 12.1 Å². The molecule has 6 heteroatoms. The molecular formula is C17H27BNO4. The molecule has 0 bridgehead atoms. The van der Waals surface area contributed by atoms with E-state index in [0.717, 1.165) is 24.3 Å². The lowest BCUT2D eigenvalue weighted by atomic mass is 10.1. The molecule has 0 aliphatic rings. The lowest BCUT2D eigenvalue weighted by Crippen LogP contribution is -2.44. The van der Waals surface area contributed by atoms with E-state index >= 15 is 0 Å². The summed E-state index contributed by atoms with van der Waals surface area (Å²) < 4.78 is 10.4. The van der Waals surface area contributed by atoms with Crippen molar-refractivity contribution in [2.45, 2.75) is 38.3 Å². The lowest BCUT2D eigenvalue weighted by molar-refractivity contribution is 0.134. The molecule has 0 unspecified atom stereocenters. The second-order valence-electron chi connectivity index (χ2n) is 5.28. The fraction of sp³-hybridized carbons (Fsp3) is 0.529. The number of rotatable bonds is 12. The summed E-state index contributed by atoms with van der Waals surface area (Å²) in [5, 5.41) is 22.0. The molecule has 2 atom stereocenters. The van der Waals surface area contributed by atoms with Crippen molar-refractivity contribution in [3.8, 4) is 5.75 Å². The SMILES string of the molecule is CCCCCOc1ccc(/C=C/[C@H](O)[C@@H](CO)N[B]OC)cc1. The fourth-order valence-corrected chi connectivity index (χ4v) is 1.98. The van der Waals surface area contributed by atoms with Crippen LogP contribution in [0.4, 0.5) is 0 Å². The zero-order chi connectivity index (χ0) is 16.9. The van der Waals surface area contributed by atoms with Gasteiger partial charge in [0.05, 0.1) is 25.4 Å². The molecule has 0 saturated heterocycles. The topological polar surface area (TPSA) is 71.0 Å². The van der Waals surface area contributed by atoms with E-state index in [1.807, 2.05) is 30.3 Å². The van der Waals surface area contributed by atoms with Crippen LogP contribution in [0.1, 0.15) is 31.7 Å². The highest BCUT2D eigenvalue weighted by molar-refractivity contribution is 6.23. The van der Waals surface area contributed by atoms with Crippen LogP contribution in [0.15, 0.2) is 30.3 Å². The van der Waals surface area contributed by atoms with E-state index in [1.54, 1.807) is 6.08 Å². The summed E-state index contributed by atoms with van der Waals surface area (Å²) in [4.78, 5) is 0. The Morgan fingerprint density at radius 1 is 1.26 bits per heavy atom. The van der Waals surface area contributed by atoms with Gasteiger partial charge in [-0.3, -0.25) is 0 Å². The molecule has 0 aliphatic heterocycles. The van der Waals surface area contributed by atoms with Gasteiger partial charge in [-0.25, -0.2) is 0 Å². The van der Waals surface area contributed by atoms with Gasteiger partial charge in [0.15, 0.2) is 0 Å². The van der Waals surface area contributed by atoms with Gasteiger partial charge in [0, 0.05) is 7.11 Å². The third-order valence-electron chi connectivity index (χ3n) is 3.39. The van der Waals surface area contributed by atoms with Crippen molar-refractivity contribution in [3.05, 3.63) is 35.9 Å². The molecule has 127 valence electrons. The third kappa shape index (κ3) is 8.18. The Balaban J connectivity index is 2.46. The highest BCUT2D eigenvalue weighted by Gasteiger charge is 2.15. The Labute approximate surface area is 139 Å². The predicted octanol–water partition coefficient (Wildman–Crippen LogP) is 1.76. The molecule has 5 nitrogen and oxygen atoms in total. The van der Waals surface area contributed by atoms with E-state index in [-0.39, 0.29) is 6.61 Å². The van der Waals surface area contributed by atoms with E-state index in [9.17, 15) is 10.2 Å². The van der Waals surface area contributed by atoms with Gasteiger partial charge in [0.2, 0.25) is 0 Å². The van der Waals surface area contributed by atoms with Crippen molar-refractivity contribution in [2.75, 3.05) is 20.3 Å². The molecular weight excluding hydrogens is 293 g/mol. The van der Waals surface area contributed by atoms with Crippen molar-refractivity contribution in [3.63, 3.8) is 0 Å². The maximum Gasteiger partial charge on any atom is 0.395 e. The quantitative estimate of drug-likeness (QED) is 0.404. The lowest BCUT2D eigenvalue weighted by Gasteiger charge is -2.18. The second-order valence-corrected chi connectivity index (χ2v) is 5.28. The molecule has 0 amide bonds. The number of ether oxygens (including phenoxy) is 1. The van der Waals surface area contributed by atoms with Crippen LogP contribution in [0, 0.1) is 0 Å². The summed E-state index contributed by atoms with van der Waals surface area (Å²) in [5.41, 5.74) is 0.956. The van der Waals surface area contributed by atoms with Crippen LogP contribution in [-0.2, 0) is 4.65 Å². The van der Waals surface area contributed by atoms with Gasteiger partial charge >= 0.3 is 7.62 Å². The first kappa shape index (κ1) is 19.7. The molecule has 3 N–H and O–H groups in total. The van der Waals surface area contributed by atoms with Crippen molar-refractivity contribution in [1.29, 1.82) is 0 Å². The summed E-state index contributed by atoms with van der Waals surface area (Å²) in [6.45, 7) is 2.71. The highest BCUT2D eigenvalue weighted by atomic mass is 16.5. The van der Waals surface area contributed by atoms with Crippen molar-refractivity contribution in [2.24, 2.45) is 0 Å². The Hall–Kier alpha value is -1.34. The van der Waals surface area contributed by atoms with Crippen LogP contribution in [0.25, 0.3) is 6.08 Å². The van der Waals surface area contributed by atoms with Crippen LogP contribution in [0.5, 0.6) is 5.75 Å². The van der Waals surface area contributed by atoms with E-state index in [4.69, 9.17) is 9.39 Å². The highest BCUT2D eigenvalue weighted by Crippen LogP contribution is 2.14. The normalized spacial score (nSPS) is 13.9. The van der Waals surface area contributed by atoms with Gasteiger partial charge in [-0.2, -0.15) is 0 Å². The minimum atomic E-state index is -0.823. The van der Waals surface area contributed by atoms with Crippen LogP contribution in [0.3, 0.4) is 0 Å². The van der Waals surface area contributed by atoms with E-state index in [0.29, 0.717) is 0 Å². The molecule has 0 saturated carbocycles. The first-order valence-electron chi connectivity index (χ1n) is 8.01. The number of aliphatic hydroxyl groups is 2. The molecule has 1 aromatic carbocycles. The second kappa shape index (κ2) is 12.1. The maximum atomic E-state index is 10.0. The summed E-state index contributed by atoms with van der Waals surface area (Å²) in [7, 11) is 2.83. The third-order valence-corrected chi connectivity index (χ3v) is 3.39. The number of hydrogen-bond acceptors (Lipinski definition) is 5. The number of aliphatic hydroxyl groups excluding tert-OH is 2. The average Bonchev–Trinajstić information content (AvgIpc) is 2.58. The van der Waals surface area contributed by atoms with Gasteiger partial charge in [0.25, 0.3) is 0 Å². The fourth-order valence-electron chi connectivity index (χ4n) is 1.98. The zero-order valence-corrected chi connectivity index (χ0v) is 13.9. The maximum absolute atomic E-state index is 10.0. The Kier molecular flexibility index (Phi) is 10.4. The van der Waals surface area contributed by atoms with Crippen LogP contribution < -0.4 is 9.96 Å². The van der Waals surface area contributed by atoms with Gasteiger partial charge in [-0.1, -0.05) is 44.1 Å². The molecule has 0 aromatic heterocycles. The Bertz CT molecular complexity index is 439. The zero-order valence-electron chi connectivity index (χ0n) is 13.9. The first-order valence-corrected chi connectivity index (χ1v) is 8.01.